The van der Waals surface area contributed by atoms with Crippen LogP contribution in [-0.2, 0) is 16.6 Å². The number of rotatable bonds is 7. The molecule has 0 radical (unpaired) electrons. The predicted molar refractivity (Wildman–Crippen MR) is 109 cm³/mol. The van der Waals surface area contributed by atoms with Gasteiger partial charge in [-0.1, -0.05) is 0 Å². The number of hydrogen-bond donors (Lipinski definition) is 1. The van der Waals surface area contributed by atoms with Crippen molar-refractivity contribution in [2.75, 3.05) is 32.1 Å². The number of anilines is 1. The fraction of sp³-hybridized carbons (Fsp3) is 0.524. The Balaban J connectivity index is 1.88. The van der Waals surface area contributed by atoms with Gasteiger partial charge < -0.3 is 15.0 Å². The van der Waals surface area contributed by atoms with Gasteiger partial charge >= 0.3 is 0 Å². The molecule has 1 aliphatic heterocycles. The van der Waals surface area contributed by atoms with Gasteiger partial charge in [-0.3, -0.25) is 14.5 Å². The number of nitriles is 1. The van der Waals surface area contributed by atoms with E-state index in [1.165, 1.54) is 0 Å². The predicted octanol–water partition coefficient (Wildman–Crippen LogP) is 2.26. The lowest BCUT2D eigenvalue weighted by atomic mass is 9.93. The molecule has 1 fully saturated rings. The van der Waals surface area contributed by atoms with Crippen molar-refractivity contribution in [2.45, 2.75) is 33.2 Å². The number of amides is 1. The summed E-state index contributed by atoms with van der Waals surface area (Å²) in [7, 11) is 3.55. The largest absolute Gasteiger partial charge is 0.383 e. The monoisotopic (exact) mass is 396 g/mol. The molecule has 0 unspecified atom stereocenters. The number of nitrogens with one attached hydrogen (secondary N) is 1. The Bertz CT molecular complexity index is 945. The highest BCUT2D eigenvalue weighted by atomic mass is 16.5. The highest BCUT2D eigenvalue weighted by molar-refractivity contribution is 5.80. The van der Waals surface area contributed by atoms with Crippen molar-refractivity contribution in [2.24, 2.45) is 13.0 Å². The standard InChI is InChI=1S/C21H28N6O2/c1-13-8-19(17(10-22)14(2)25-13)23-11-16-9-20(28)27(6-7-29-5)21(16)18-12-24-26(4)15(18)3/h8,12,16,21H,6-7,9,11H2,1-5H3,(H,23,25)/t16-,21+/m0/s1. The molecule has 1 amide bonds. The normalized spacial score (nSPS) is 18.9. The van der Waals surface area contributed by atoms with Crippen LogP contribution in [0.5, 0.6) is 0 Å². The van der Waals surface area contributed by atoms with Gasteiger partial charge in [0.1, 0.15) is 6.07 Å². The van der Waals surface area contributed by atoms with E-state index in [0.29, 0.717) is 37.4 Å². The zero-order chi connectivity index (χ0) is 21.1. The molecule has 2 atom stereocenters. The third-order valence-corrected chi connectivity index (χ3v) is 5.66. The van der Waals surface area contributed by atoms with E-state index >= 15 is 0 Å². The van der Waals surface area contributed by atoms with Crippen LogP contribution in [0.25, 0.3) is 0 Å². The molecule has 1 saturated heterocycles. The van der Waals surface area contributed by atoms with Gasteiger partial charge in [0, 0.05) is 56.5 Å². The molecular formula is C21H28N6O2. The maximum absolute atomic E-state index is 12.8. The van der Waals surface area contributed by atoms with Crippen molar-refractivity contribution in [3.8, 4) is 6.07 Å². The van der Waals surface area contributed by atoms with Crippen molar-refractivity contribution in [1.82, 2.24) is 19.7 Å². The zero-order valence-electron chi connectivity index (χ0n) is 17.7. The maximum Gasteiger partial charge on any atom is 0.223 e. The average Bonchev–Trinajstić information content (AvgIpc) is 3.16. The van der Waals surface area contributed by atoms with Crippen molar-refractivity contribution in [1.29, 1.82) is 5.26 Å². The molecule has 8 heteroatoms. The molecular weight excluding hydrogens is 368 g/mol. The molecule has 3 heterocycles. The summed E-state index contributed by atoms with van der Waals surface area (Å²) in [6.45, 7) is 7.38. The molecule has 0 aliphatic carbocycles. The number of likely N-dealkylation sites (tertiary alicyclic amines) is 1. The number of aromatic nitrogens is 3. The molecule has 1 N–H and O–H groups in total. The van der Waals surface area contributed by atoms with Crippen LogP contribution in [0.3, 0.4) is 0 Å². The first-order valence-electron chi connectivity index (χ1n) is 9.76. The van der Waals surface area contributed by atoms with E-state index in [1.54, 1.807) is 7.11 Å². The molecule has 0 aromatic carbocycles. The molecule has 3 rings (SSSR count). The van der Waals surface area contributed by atoms with E-state index in [9.17, 15) is 10.1 Å². The zero-order valence-corrected chi connectivity index (χ0v) is 17.7. The third-order valence-electron chi connectivity index (χ3n) is 5.66. The molecule has 29 heavy (non-hydrogen) atoms. The van der Waals surface area contributed by atoms with E-state index in [1.807, 2.05) is 49.7 Å². The van der Waals surface area contributed by atoms with Gasteiger partial charge in [-0.2, -0.15) is 10.4 Å². The highest BCUT2D eigenvalue weighted by Gasteiger charge is 2.41. The van der Waals surface area contributed by atoms with Gasteiger partial charge in [-0.05, 0) is 26.8 Å². The van der Waals surface area contributed by atoms with E-state index in [2.05, 4.69) is 21.5 Å². The number of carbonyl (C=O) groups is 1. The van der Waals surface area contributed by atoms with Crippen LogP contribution in [-0.4, -0.2) is 52.4 Å². The Hall–Kier alpha value is -2.92. The second-order valence-electron chi connectivity index (χ2n) is 7.56. The van der Waals surface area contributed by atoms with E-state index in [0.717, 1.165) is 22.6 Å². The van der Waals surface area contributed by atoms with Crippen LogP contribution in [0.2, 0.25) is 0 Å². The Morgan fingerprint density at radius 1 is 1.38 bits per heavy atom. The Kier molecular flexibility index (Phi) is 6.18. The fourth-order valence-electron chi connectivity index (χ4n) is 4.08. The Labute approximate surface area is 171 Å². The summed E-state index contributed by atoms with van der Waals surface area (Å²) in [5, 5.41) is 17.3. The maximum atomic E-state index is 12.8. The average molecular weight is 396 g/mol. The van der Waals surface area contributed by atoms with Gasteiger partial charge in [-0.15, -0.1) is 0 Å². The van der Waals surface area contributed by atoms with Crippen molar-refractivity contribution in [3.05, 3.63) is 40.5 Å². The van der Waals surface area contributed by atoms with Crippen molar-refractivity contribution in [3.63, 3.8) is 0 Å². The van der Waals surface area contributed by atoms with Crippen LogP contribution in [0, 0.1) is 38.0 Å². The lowest BCUT2D eigenvalue weighted by Gasteiger charge is -2.28. The van der Waals surface area contributed by atoms with Gasteiger partial charge in [-0.25, -0.2) is 0 Å². The number of hydrogen-bond acceptors (Lipinski definition) is 6. The second-order valence-corrected chi connectivity index (χ2v) is 7.56. The van der Waals surface area contributed by atoms with Crippen LogP contribution in [0.1, 0.15) is 40.7 Å². The molecule has 0 spiro atoms. The fourth-order valence-corrected chi connectivity index (χ4v) is 4.08. The minimum Gasteiger partial charge on any atom is -0.383 e. The summed E-state index contributed by atoms with van der Waals surface area (Å²) < 4.78 is 7.05. The van der Waals surface area contributed by atoms with Gasteiger partial charge in [0.05, 0.1) is 35.8 Å². The smallest absolute Gasteiger partial charge is 0.223 e. The topological polar surface area (TPSA) is 96.1 Å². The van der Waals surface area contributed by atoms with E-state index in [4.69, 9.17) is 4.74 Å². The number of nitrogens with zero attached hydrogens (tertiary/aromatic N) is 5. The quantitative estimate of drug-likeness (QED) is 0.771. The van der Waals surface area contributed by atoms with Crippen LogP contribution in [0.15, 0.2) is 12.3 Å². The van der Waals surface area contributed by atoms with E-state index in [-0.39, 0.29) is 17.9 Å². The molecule has 2 aromatic heterocycles. The Morgan fingerprint density at radius 3 is 2.76 bits per heavy atom. The minimum absolute atomic E-state index is 0.0579. The first-order valence-corrected chi connectivity index (χ1v) is 9.76. The number of pyridine rings is 1. The van der Waals surface area contributed by atoms with Crippen molar-refractivity contribution >= 4 is 11.6 Å². The molecule has 8 nitrogen and oxygen atoms in total. The molecule has 0 saturated carbocycles. The minimum atomic E-state index is -0.0755. The highest BCUT2D eigenvalue weighted by Crippen LogP contribution is 2.39. The number of methoxy groups -OCH3 is 1. The van der Waals surface area contributed by atoms with Crippen LogP contribution < -0.4 is 5.32 Å². The Morgan fingerprint density at radius 2 is 2.14 bits per heavy atom. The van der Waals surface area contributed by atoms with Crippen LogP contribution in [0.4, 0.5) is 5.69 Å². The van der Waals surface area contributed by atoms with Crippen molar-refractivity contribution < 1.29 is 9.53 Å². The lowest BCUT2D eigenvalue weighted by molar-refractivity contribution is -0.129. The SMILES string of the molecule is COCCN1C(=O)C[C@@H](CNc2cc(C)nc(C)c2C#N)[C@@H]1c1cnn(C)c1C. The number of ether oxygens (including phenoxy) is 1. The van der Waals surface area contributed by atoms with Gasteiger partial charge in [0.25, 0.3) is 0 Å². The molecule has 2 aromatic rings. The summed E-state index contributed by atoms with van der Waals surface area (Å²) in [6, 6.07) is 4.04. The summed E-state index contributed by atoms with van der Waals surface area (Å²) in [4.78, 5) is 19.1. The van der Waals surface area contributed by atoms with E-state index < -0.39 is 0 Å². The van der Waals surface area contributed by atoms with Gasteiger partial charge in [0.15, 0.2) is 0 Å². The lowest BCUT2D eigenvalue weighted by Crippen LogP contribution is -2.33. The molecule has 154 valence electrons. The molecule has 1 aliphatic rings. The summed E-state index contributed by atoms with van der Waals surface area (Å²) in [5.74, 6) is 0.173. The summed E-state index contributed by atoms with van der Waals surface area (Å²) >= 11 is 0. The molecule has 0 bridgehead atoms. The number of carbonyl (C=O) groups excluding carboxylic acids is 1. The van der Waals surface area contributed by atoms with Crippen LogP contribution >= 0.6 is 0 Å². The first-order chi connectivity index (χ1) is 13.9. The second kappa shape index (κ2) is 8.62. The van der Waals surface area contributed by atoms with Gasteiger partial charge in [0.2, 0.25) is 5.91 Å². The summed E-state index contributed by atoms with van der Waals surface area (Å²) in [5.41, 5.74) is 4.98. The number of aryl methyl sites for hydroxylation is 3. The summed E-state index contributed by atoms with van der Waals surface area (Å²) in [6.07, 6.45) is 2.30. The first kappa shape index (κ1) is 20.8. The third kappa shape index (κ3) is 4.10.